The van der Waals surface area contributed by atoms with Gasteiger partial charge in [0.05, 0.1) is 25.5 Å². The standard InChI is InChI=1S/C13H19N5O2/c19-11(4-18-3-1-2-12(18)20)14-13-5-15-8-16(6-13)10-17(7-13)9-15/h1-2H,3-10H2,(H,14,19). The number of nitrogens with zero attached hydrogens (tertiary/aromatic N) is 4. The lowest BCUT2D eigenvalue weighted by atomic mass is 9.91. The maximum atomic E-state index is 12.2. The summed E-state index contributed by atoms with van der Waals surface area (Å²) in [5.74, 6) is -0.116. The molecule has 4 fully saturated rings. The van der Waals surface area contributed by atoms with Gasteiger partial charge in [0.25, 0.3) is 0 Å². The zero-order chi connectivity index (χ0) is 13.7. The van der Waals surface area contributed by atoms with Gasteiger partial charge in [0.2, 0.25) is 11.8 Å². The van der Waals surface area contributed by atoms with Crippen LogP contribution in [-0.2, 0) is 9.59 Å². The van der Waals surface area contributed by atoms with Gasteiger partial charge < -0.3 is 10.2 Å². The van der Waals surface area contributed by atoms with Crippen molar-refractivity contribution in [2.75, 3.05) is 52.7 Å². The van der Waals surface area contributed by atoms with Crippen LogP contribution in [0.5, 0.6) is 0 Å². The highest BCUT2D eigenvalue weighted by Gasteiger charge is 2.49. The van der Waals surface area contributed by atoms with E-state index in [9.17, 15) is 9.59 Å². The van der Waals surface area contributed by atoms with Gasteiger partial charge in [-0.05, 0) is 0 Å². The molecule has 7 heteroatoms. The SMILES string of the molecule is O=C(CN1CC=CC1=O)NC12CN3CN(CN(C3)C1)C2. The van der Waals surface area contributed by atoms with Gasteiger partial charge in [-0.25, -0.2) is 0 Å². The molecule has 0 saturated carbocycles. The maximum absolute atomic E-state index is 12.2. The fourth-order valence-corrected chi connectivity index (χ4v) is 3.96. The molecule has 4 saturated heterocycles. The quantitative estimate of drug-likeness (QED) is 0.650. The molecule has 4 bridgehead atoms. The fourth-order valence-electron chi connectivity index (χ4n) is 3.96. The van der Waals surface area contributed by atoms with Crippen LogP contribution in [0.2, 0.25) is 0 Å². The molecule has 0 spiro atoms. The molecule has 5 heterocycles. The van der Waals surface area contributed by atoms with Gasteiger partial charge in [0, 0.05) is 32.3 Å². The lowest BCUT2D eigenvalue weighted by Crippen LogP contribution is -2.80. The highest BCUT2D eigenvalue weighted by Crippen LogP contribution is 2.28. The van der Waals surface area contributed by atoms with E-state index in [2.05, 4.69) is 20.0 Å². The summed E-state index contributed by atoms with van der Waals surface area (Å²) in [6.07, 6.45) is 3.32. The molecule has 5 aliphatic heterocycles. The molecule has 1 N–H and O–H groups in total. The third-order valence-electron chi connectivity index (χ3n) is 4.42. The second kappa shape index (κ2) is 4.28. The molecule has 2 amide bonds. The lowest BCUT2D eigenvalue weighted by Gasteiger charge is -2.60. The molecule has 20 heavy (non-hydrogen) atoms. The Labute approximate surface area is 117 Å². The highest BCUT2D eigenvalue weighted by molar-refractivity contribution is 5.93. The number of hydrogen-bond acceptors (Lipinski definition) is 5. The Morgan fingerprint density at radius 1 is 1.15 bits per heavy atom. The second-order valence-electron chi connectivity index (χ2n) is 6.36. The van der Waals surface area contributed by atoms with E-state index in [4.69, 9.17) is 0 Å². The second-order valence-corrected chi connectivity index (χ2v) is 6.36. The number of nitrogens with one attached hydrogen (secondary N) is 1. The molecule has 0 atom stereocenters. The Morgan fingerprint density at radius 2 is 1.75 bits per heavy atom. The minimum Gasteiger partial charge on any atom is -0.345 e. The third-order valence-corrected chi connectivity index (χ3v) is 4.42. The first-order valence-corrected chi connectivity index (χ1v) is 7.05. The Bertz CT molecular complexity index is 454. The van der Waals surface area contributed by atoms with Gasteiger partial charge in [-0.3, -0.25) is 24.3 Å². The summed E-state index contributed by atoms with van der Waals surface area (Å²) in [7, 11) is 0. The first-order chi connectivity index (χ1) is 9.62. The third kappa shape index (κ3) is 2.02. The van der Waals surface area contributed by atoms with E-state index < -0.39 is 0 Å². The molecular formula is C13H19N5O2. The van der Waals surface area contributed by atoms with Crippen molar-refractivity contribution in [1.82, 2.24) is 24.9 Å². The molecule has 5 aliphatic rings. The summed E-state index contributed by atoms with van der Waals surface area (Å²) in [6, 6.07) is 0. The van der Waals surface area contributed by atoms with Gasteiger partial charge in [0.1, 0.15) is 6.54 Å². The van der Waals surface area contributed by atoms with Crippen molar-refractivity contribution in [3.05, 3.63) is 12.2 Å². The number of hydrogen-bond donors (Lipinski definition) is 1. The Hall–Kier alpha value is -1.44. The summed E-state index contributed by atoms with van der Waals surface area (Å²) in [4.78, 5) is 32.4. The normalized spacial score (nSPS) is 41.5. The zero-order valence-corrected chi connectivity index (χ0v) is 11.4. The van der Waals surface area contributed by atoms with Crippen LogP contribution in [0, 0.1) is 0 Å². The van der Waals surface area contributed by atoms with Crippen LogP contribution in [-0.4, -0.2) is 89.7 Å². The highest BCUT2D eigenvalue weighted by atomic mass is 16.2. The van der Waals surface area contributed by atoms with Gasteiger partial charge in [-0.1, -0.05) is 6.08 Å². The van der Waals surface area contributed by atoms with Gasteiger partial charge >= 0.3 is 0 Å². The lowest BCUT2D eigenvalue weighted by molar-refractivity contribution is -0.158. The Morgan fingerprint density at radius 3 is 2.25 bits per heavy atom. The van der Waals surface area contributed by atoms with Crippen molar-refractivity contribution in [3.63, 3.8) is 0 Å². The van der Waals surface area contributed by atoms with Crippen molar-refractivity contribution in [2.24, 2.45) is 0 Å². The van der Waals surface area contributed by atoms with Crippen LogP contribution in [0.25, 0.3) is 0 Å². The molecule has 0 unspecified atom stereocenters. The average Bonchev–Trinajstić information content (AvgIpc) is 2.72. The molecular weight excluding hydrogens is 258 g/mol. The first-order valence-electron chi connectivity index (χ1n) is 7.05. The van der Waals surface area contributed by atoms with E-state index in [1.165, 1.54) is 6.08 Å². The number of amides is 2. The van der Waals surface area contributed by atoms with Crippen LogP contribution in [0.15, 0.2) is 12.2 Å². The molecule has 7 nitrogen and oxygen atoms in total. The molecule has 5 rings (SSSR count). The van der Waals surface area contributed by atoms with Crippen molar-refractivity contribution in [3.8, 4) is 0 Å². The number of carbonyl (C=O) groups is 2. The van der Waals surface area contributed by atoms with Gasteiger partial charge in [-0.2, -0.15) is 0 Å². The average molecular weight is 277 g/mol. The summed E-state index contributed by atoms with van der Waals surface area (Å²) < 4.78 is 0. The van der Waals surface area contributed by atoms with Crippen LogP contribution in [0.1, 0.15) is 0 Å². The monoisotopic (exact) mass is 277 g/mol. The summed E-state index contributed by atoms with van der Waals surface area (Å²) in [5.41, 5.74) is -0.165. The topological polar surface area (TPSA) is 59.1 Å². The summed E-state index contributed by atoms with van der Waals surface area (Å²) in [5, 5.41) is 3.19. The van der Waals surface area contributed by atoms with E-state index in [0.29, 0.717) is 6.54 Å². The van der Waals surface area contributed by atoms with E-state index >= 15 is 0 Å². The minimum atomic E-state index is -0.165. The van der Waals surface area contributed by atoms with Crippen LogP contribution >= 0.6 is 0 Å². The van der Waals surface area contributed by atoms with Gasteiger partial charge in [-0.15, -0.1) is 0 Å². The van der Waals surface area contributed by atoms with Crippen LogP contribution in [0.3, 0.4) is 0 Å². The zero-order valence-electron chi connectivity index (χ0n) is 11.4. The fraction of sp³-hybridized carbons (Fsp3) is 0.692. The minimum absolute atomic E-state index is 0.0485. The van der Waals surface area contributed by atoms with Crippen LogP contribution < -0.4 is 5.32 Å². The molecule has 0 radical (unpaired) electrons. The molecule has 0 aromatic heterocycles. The Kier molecular flexibility index (Phi) is 2.63. The van der Waals surface area contributed by atoms with Crippen molar-refractivity contribution in [1.29, 1.82) is 0 Å². The molecule has 0 aromatic carbocycles. The van der Waals surface area contributed by atoms with Gasteiger partial charge in [0.15, 0.2) is 0 Å². The van der Waals surface area contributed by atoms with E-state index in [1.54, 1.807) is 11.0 Å². The predicted octanol–water partition coefficient (Wildman–Crippen LogP) is -1.94. The maximum Gasteiger partial charge on any atom is 0.247 e. The van der Waals surface area contributed by atoms with E-state index in [0.717, 1.165) is 39.6 Å². The van der Waals surface area contributed by atoms with E-state index in [-0.39, 0.29) is 23.9 Å². The van der Waals surface area contributed by atoms with Crippen molar-refractivity contribution in [2.45, 2.75) is 5.54 Å². The van der Waals surface area contributed by atoms with Crippen molar-refractivity contribution >= 4 is 11.8 Å². The Balaban J connectivity index is 1.41. The molecule has 108 valence electrons. The van der Waals surface area contributed by atoms with Crippen LogP contribution in [0.4, 0.5) is 0 Å². The van der Waals surface area contributed by atoms with Crippen molar-refractivity contribution < 1.29 is 9.59 Å². The smallest absolute Gasteiger partial charge is 0.247 e. The summed E-state index contributed by atoms with van der Waals surface area (Å²) >= 11 is 0. The molecule has 0 aromatic rings. The number of rotatable bonds is 3. The largest absolute Gasteiger partial charge is 0.345 e. The van der Waals surface area contributed by atoms with E-state index in [1.807, 2.05) is 0 Å². The number of carbonyl (C=O) groups excluding carboxylic acids is 2. The first kappa shape index (κ1) is 12.3. The summed E-state index contributed by atoms with van der Waals surface area (Å²) in [6.45, 7) is 6.46. The molecule has 0 aliphatic carbocycles. The predicted molar refractivity (Wildman–Crippen MR) is 71.3 cm³/mol.